The van der Waals surface area contributed by atoms with Gasteiger partial charge in [0, 0.05) is 6.42 Å². The highest BCUT2D eigenvalue weighted by molar-refractivity contribution is 5.37. The van der Waals surface area contributed by atoms with Crippen molar-refractivity contribution in [1.82, 2.24) is 0 Å². The van der Waals surface area contributed by atoms with E-state index in [4.69, 9.17) is 4.74 Å². The van der Waals surface area contributed by atoms with Gasteiger partial charge in [0.25, 0.3) is 0 Å². The molecule has 2 aromatic carbocycles. The van der Waals surface area contributed by atoms with Crippen molar-refractivity contribution in [1.29, 1.82) is 0 Å². The van der Waals surface area contributed by atoms with E-state index in [1.54, 1.807) is 0 Å². The van der Waals surface area contributed by atoms with Gasteiger partial charge in [0.15, 0.2) is 0 Å². The van der Waals surface area contributed by atoms with Crippen molar-refractivity contribution in [3.63, 3.8) is 0 Å². The molecule has 2 atom stereocenters. The van der Waals surface area contributed by atoms with Gasteiger partial charge in [-0.3, -0.25) is 0 Å². The van der Waals surface area contributed by atoms with Gasteiger partial charge in [-0.25, -0.2) is 0 Å². The summed E-state index contributed by atoms with van der Waals surface area (Å²) in [6, 6.07) is 14.2. The molecule has 3 rings (SSSR count). The Bertz CT molecular complexity index is 584. The van der Waals surface area contributed by atoms with Gasteiger partial charge in [0.05, 0.1) is 0 Å². The summed E-state index contributed by atoms with van der Waals surface area (Å²) in [6.45, 7) is 4.11. The fourth-order valence-corrected chi connectivity index (χ4v) is 2.82. The predicted octanol–water partition coefficient (Wildman–Crippen LogP) is 3.34. The van der Waals surface area contributed by atoms with Crippen molar-refractivity contribution >= 4 is 0 Å². The zero-order chi connectivity index (χ0) is 13.4. The van der Waals surface area contributed by atoms with Crippen LogP contribution in [0, 0.1) is 13.8 Å². The second kappa shape index (κ2) is 4.71. The molecule has 0 saturated carbocycles. The summed E-state index contributed by atoms with van der Waals surface area (Å²) in [6.07, 6.45) is 0.0558. The van der Waals surface area contributed by atoms with E-state index in [9.17, 15) is 5.11 Å². The van der Waals surface area contributed by atoms with Crippen LogP contribution < -0.4 is 4.74 Å². The number of aliphatic hydroxyl groups excluding tert-OH is 1. The van der Waals surface area contributed by atoms with Gasteiger partial charge in [0.1, 0.15) is 18.0 Å². The molecular formula is C17H18O2. The van der Waals surface area contributed by atoms with E-state index in [1.165, 1.54) is 16.7 Å². The lowest BCUT2D eigenvalue weighted by Gasteiger charge is -2.18. The zero-order valence-electron chi connectivity index (χ0n) is 11.3. The SMILES string of the molecule is Cc1cc(C)cc(OC2Cc3ccccc3C2O)c1. The third kappa shape index (κ3) is 2.36. The van der Waals surface area contributed by atoms with Gasteiger partial charge >= 0.3 is 0 Å². The molecule has 1 N–H and O–H groups in total. The normalized spacial score (nSPS) is 21.2. The summed E-state index contributed by atoms with van der Waals surface area (Å²) >= 11 is 0. The number of ether oxygens (including phenoxy) is 1. The summed E-state index contributed by atoms with van der Waals surface area (Å²) in [5.74, 6) is 0.842. The maximum Gasteiger partial charge on any atom is 0.133 e. The quantitative estimate of drug-likeness (QED) is 0.890. The number of rotatable bonds is 2. The summed E-state index contributed by atoms with van der Waals surface area (Å²) in [7, 11) is 0. The third-order valence-corrected chi connectivity index (χ3v) is 3.63. The number of aliphatic hydroxyl groups is 1. The van der Waals surface area contributed by atoms with Crippen molar-refractivity contribution in [2.24, 2.45) is 0 Å². The highest BCUT2D eigenvalue weighted by Crippen LogP contribution is 2.34. The number of hydrogen-bond acceptors (Lipinski definition) is 2. The molecule has 0 fully saturated rings. The molecule has 0 radical (unpaired) electrons. The molecule has 1 aliphatic rings. The van der Waals surface area contributed by atoms with Crippen LogP contribution in [0.5, 0.6) is 5.75 Å². The van der Waals surface area contributed by atoms with Gasteiger partial charge in [-0.2, -0.15) is 0 Å². The Balaban J connectivity index is 1.82. The number of aryl methyl sites for hydroxylation is 2. The second-order valence-corrected chi connectivity index (χ2v) is 5.33. The first-order valence-corrected chi connectivity index (χ1v) is 6.64. The van der Waals surface area contributed by atoms with E-state index in [-0.39, 0.29) is 6.10 Å². The smallest absolute Gasteiger partial charge is 0.133 e. The minimum absolute atomic E-state index is 0.182. The number of hydrogen-bond donors (Lipinski definition) is 1. The Hall–Kier alpha value is -1.80. The van der Waals surface area contributed by atoms with Crippen molar-refractivity contribution in [3.05, 3.63) is 64.7 Å². The van der Waals surface area contributed by atoms with Crippen LogP contribution in [0.4, 0.5) is 0 Å². The molecular weight excluding hydrogens is 236 g/mol. The first-order valence-electron chi connectivity index (χ1n) is 6.64. The lowest BCUT2D eigenvalue weighted by Crippen LogP contribution is -2.21. The minimum Gasteiger partial charge on any atom is -0.487 e. The summed E-state index contributed by atoms with van der Waals surface area (Å²) in [4.78, 5) is 0. The first-order chi connectivity index (χ1) is 9.13. The molecule has 98 valence electrons. The fraction of sp³-hybridized carbons (Fsp3) is 0.294. The zero-order valence-corrected chi connectivity index (χ0v) is 11.3. The van der Waals surface area contributed by atoms with E-state index < -0.39 is 6.10 Å². The highest BCUT2D eigenvalue weighted by Gasteiger charge is 2.32. The van der Waals surface area contributed by atoms with Crippen LogP contribution >= 0.6 is 0 Å². The van der Waals surface area contributed by atoms with Crippen LogP contribution in [-0.2, 0) is 6.42 Å². The van der Waals surface area contributed by atoms with Crippen LogP contribution in [0.25, 0.3) is 0 Å². The molecule has 0 amide bonds. The minimum atomic E-state index is -0.531. The summed E-state index contributed by atoms with van der Waals surface area (Å²) in [5.41, 5.74) is 4.54. The van der Waals surface area contributed by atoms with Crippen LogP contribution in [0.3, 0.4) is 0 Å². The first kappa shape index (κ1) is 12.2. The Morgan fingerprint density at radius 3 is 2.42 bits per heavy atom. The van der Waals surface area contributed by atoms with E-state index >= 15 is 0 Å². The topological polar surface area (TPSA) is 29.5 Å². The average molecular weight is 254 g/mol. The lowest BCUT2D eigenvalue weighted by molar-refractivity contribution is 0.0493. The second-order valence-electron chi connectivity index (χ2n) is 5.33. The molecule has 0 heterocycles. The van der Waals surface area contributed by atoms with Gasteiger partial charge in [0.2, 0.25) is 0 Å². The van der Waals surface area contributed by atoms with Gasteiger partial charge in [-0.1, -0.05) is 30.3 Å². The maximum absolute atomic E-state index is 10.3. The van der Waals surface area contributed by atoms with E-state index in [2.05, 4.69) is 26.0 Å². The molecule has 2 heteroatoms. The Labute approximate surface area is 113 Å². The van der Waals surface area contributed by atoms with E-state index in [1.807, 2.05) is 30.3 Å². The molecule has 0 spiro atoms. The van der Waals surface area contributed by atoms with E-state index in [0.717, 1.165) is 17.7 Å². The Morgan fingerprint density at radius 1 is 1.05 bits per heavy atom. The lowest BCUT2D eigenvalue weighted by atomic mass is 10.1. The van der Waals surface area contributed by atoms with Crippen molar-refractivity contribution < 1.29 is 9.84 Å². The van der Waals surface area contributed by atoms with Gasteiger partial charge in [-0.15, -0.1) is 0 Å². The van der Waals surface area contributed by atoms with Crippen LogP contribution in [-0.4, -0.2) is 11.2 Å². The molecule has 0 bridgehead atoms. The summed E-state index contributed by atoms with van der Waals surface area (Å²) < 4.78 is 5.98. The molecule has 2 aromatic rings. The van der Waals surface area contributed by atoms with E-state index in [0.29, 0.717) is 0 Å². The largest absolute Gasteiger partial charge is 0.487 e. The molecule has 1 aliphatic carbocycles. The predicted molar refractivity (Wildman–Crippen MR) is 75.4 cm³/mol. The highest BCUT2D eigenvalue weighted by atomic mass is 16.5. The molecule has 2 nitrogen and oxygen atoms in total. The number of benzene rings is 2. The average Bonchev–Trinajstić information content (AvgIpc) is 2.66. The number of fused-ring (bicyclic) bond motifs is 1. The van der Waals surface area contributed by atoms with Crippen LogP contribution in [0.1, 0.15) is 28.4 Å². The van der Waals surface area contributed by atoms with Crippen LogP contribution in [0.15, 0.2) is 42.5 Å². The standard InChI is InChI=1S/C17H18O2/c1-11-7-12(2)9-14(8-11)19-16-10-13-5-3-4-6-15(13)17(16)18/h3-9,16-18H,10H2,1-2H3. The summed E-state index contributed by atoms with van der Waals surface area (Å²) in [5, 5.41) is 10.3. The molecule has 0 saturated heterocycles. The van der Waals surface area contributed by atoms with Gasteiger partial charge in [-0.05, 0) is 48.2 Å². The van der Waals surface area contributed by atoms with Crippen LogP contribution in [0.2, 0.25) is 0 Å². The molecule has 19 heavy (non-hydrogen) atoms. The van der Waals surface area contributed by atoms with Crippen molar-refractivity contribution in [2.45, 2.75) is 32.5 Å². The Morgan fingerprint density at radius 2 is 1.74 bits per heavy atom. The molecule has 0 aliphatic heterocycles. The molecule has 2 unspecified atom stereocenters. The fourth-order valence-electron chi connectivity index (χ4n) is 2.82. The van der Waals surface area contributed by atoms with Crippen molar-refractivity contribution in [2.75, 3.05) is 0 Å². The monoisotopic (exact) mass is 254 g/mol. The Kier molecular flexibility index (Phi) is 3.03. The van der Waals surface area contributed by atoms with Crippen molar-refractivity contribution in [3.8, 4) is 5.75 Å². The third-order valence-electron chi connectivity index (χ3n) is 3.63. The molecule has 0 aromatic heterocycles. The maximum atomic E-state index is 10.3. The van der Waals surface area contributed by atoms with Gasteiger partial charge < -0.3 is 9.84 Å².